The average molecular weight is 256 g/mol. The molecule has 0 fully saturated rings. The molecule has 0 rings (SSSR count). The zero-order valence-electron chi connectivity index (χ0n) is 8.86. The van der Waals surface area contributed by atoms with Gasteiger partial charge in [-0.1, -0.05) is 0 Å². The first-order valence-corrected chi connectivity index (χ1v) is 4.91. The van der Waals surface area contributed by atoms with E-state index < -0.39 is 11.5 Å². The number of carboxylic acids is 1. The van der Waals surface area contributed by atoms with E-state index in [2.05, 4.69) is 22.9 Å². The van der Waals surface area contributed by atoms with Crippen LogP contribution >= 0.6 is 25.0 Å². The minimum Gasteiger partial charge on any atom is -0.480 e. The minimum absolute atomic E-state index is 0. The van der Waals surface area contributed by atoms with Crippen molar-refractivity contribution in [2.75, 3.05) is 18.8 Å². The van der Waals surface area contributed by atoms with Crippen LogP contribution < -0.4 is 11.1 Å². The molecule has 0 heterocycles. The topological polar surface area (TPSA) is 87.7 Å². The highest BCUT2D eigenvalue weighted by Gasteiger charge is 2.30. The lowest BCUT2D eigenvalue weighted by Gasteiger charge is -2.23. The second-order valence-electron chi connectivity index (χ2n) is 3.25. The fourth-order valence-electron chi connectivity index (χ4n) is 0.763. The summed E-state index contributed by atoms with van der Waals surface area (Å²) in [5.41, 5.74) is 4.33. The lowest BCUT2D eigenvalue weighted by Crippen LogP contribution is -2.52. The number of nitrogens with two attached hydrogens (primary N) is 1. The Hall–Kier alpha value is -0.460. The predicted molar refractivity (Wildman–Crippen MR) is 67.3 cm³/mol. The molecule has 0 radical (unpaired) electrons. The molecule has 5 nitrogen and oxygen atoms in total. The Kier molecular flexibility index (Phi) is 8.80. The second kappa shape index (κ2) is 7.78. The summed E-state index contributed by atoms with van der Waals surface area (Å²) in [4.78, 5) is 14.7. The average Bonchev–Trinajstić information content (AvgIpc) is 2.11. The molecule has 0 aliphatic rings. The highest BCUT2D eigenvalue weighted by molar-refractivity contribution is 7.80. The summed E-state index contributed by atoms with van der Waals surface area (Å²) in [6, 6.07) is 0. The molecule has 0 aromatic rings. The lowest BCUT2D eigenvalue weighted by molar-refractivity contribution is -0.143. The predicted octanol–water partition coefficient (Wildman–Crippen LogP) is 0.148. The molecule has 15 heavy (non-hydrogen) atoms. The maximum Gasteiger partial charge on any atom is 0.324 e. The number of hydrogen-bond acceptors (Lipinski definition) is 4. The van der Waals surface area contributed by atoms with Gasteiger partial charge in [-0.3, -0.25) is 15.1 Å². The molecule has 0 saturated carbocycles. The normalized spacial score (nSPS) is 15.3. The van der Waals surface area contributed by atoms with Crippen LogP contribution in [-0.4, -0.2) is 41.3 Å². The molecule has 90 valence electrons. The van der Waals surface area contributed by atoms with Crippen molar-refractivity contribution in [1.29, 1.82) is 0 Å². The van der Waals surface area contributed by atoms with Crippen LogP contribution in [0.15, 0.2) is 4.99 Å². The molecular weight excluding hydrogens is 238 g/mol. The zero-order valence-corrected chi connectivity index (χ0v) is 10.6. The Morgan fingerprint density at radius 3 is 2.53 bits per heavy atom. The maximum absolute atomic E-state index is 10.8. The van der Waals surface area contributed by atoms with Gasteiger partial charge in [0.2, 0.25) is 0 Å². The van der Waals surface area contributed by atoms with Crippen molar-refractivity contribution in [3.05, 3.63) is 0 Å². The summed E-state index contributed by atoms with van der Waals surface area (Å²) in [6.07, 6.45) is 0. The van der Waals surface area contributed by atoms with E-state index >= 15 is 0 Å². The Morgan fingerprint density at radius 1 is 1.67 bits per heavy atom. The number of rotatable bonds is 6. The van der Waals surface area contributed by atoms with Gasteiger partial charge in [-0.15, -0.1) is 12.4 Å². The molecule has 0 amide bonds. The fourth-order valence-corrected chi connectivity index (χ4v) is 1.01. The summed E-state index contributed by atoms with van der Waals surface area (Å²) < 4.78 is 0. The van der Waals surface area contributed by atoms with Crippen LogP contribution in [0.4, 0.5) is 0 Å². The first-order valence-electron chi connectivity index (χ1n) is 4.28. The molecule has 0 aromatic heterocycles. The molecule has 0 aromatic carbocycles. The van der Waals surface area contributed by atoms with Gasteiger partial charge in [0, 0.05) is 12.3 Å². The molecule has 0 aliphatic carbocycles. The Labute approximate surface area is 101 Å². The number of halogens is 1. The van der Waals surface area contributed by atoms with E-state index in [4.69, 9.17) is 10.8 Å². The van der Waals surface area contributed by atoms with Gasteiger partial charge in [0.15, 0.2) is 0 Å². The Bertz CT molecular complexity index is 234. The van der Waals surface area contributed by atoms with Gasteiger partial charge >= 0.3 is 5.97 Å². The van der Waals surface area contributed by atoms with E-state index in [1.807, 2.05) is 0 Å². The van der Waals surface area contributed by atoms with E-state index in [0.717, 1.165) is 0 Å². The first-order chi connectivity index (χ1) is 6.42. The molecule has 0 bridgehead atoms. The molecular formula is C8H18ClN3O2S. The monoisotopic (exact) mass is 255 g/mol. The van der Waals surface area contributed by atoms with Crippen LogP contribution in [0.1, 0.15) is 13.8 Å². The molecule has 4 N–H and O–H groups in total. The Morgan fingerprint density at radius 2 is 2.20 bits per heavy atom. The quantitative estimate of drug-likeness (QED) is 0.235. The van der Waals surface area contributed by atoms with Gasteiger partial charge in [-0.25, -0.2) is 0 Å². The third-order valence-electron chi connectivity index (χ3n) is 1.78. The molecule has 0 spiro atoms. The summed E-state index contributed by atoms with van der Waals surface area (Å²) >= 11 is 3.98. The summed E-state index contributed by atoms with van der Waals surface area (Å²) in [5, 5.41) is 11.7. The third-order valence-corrected chi connectivity index (χ3v) is 2.41. The molecule has 7 heteroatoms. The van der Waals surface area contributed by atoms with Gasteiger partial charge in [0.25, 0.3) is 0 Å². The summed E-state index contributed by atoms with van der Waals surface area (Å²) in [6.45, 7) is 4.22. The van der Waals surface area contributed by atoms with Gasteiger partial charge in [0.05, 0.1) is 12.4 Å². The van der Waals surface area contributed by atoms with Crippen LogP contribution in [0.2, 0.25) is 0 Å². The number of hydrogen-bond donors (Lipinski definition) is 4. The standard InChI is InChI=1S/C8H17N3O2S.ClH/c1-6(9)10-3-4-11-8(2,5-14)7(12)13;/h11,14H,3-5H2,1-2H3,(H2,9,10)(H,12,13);1H. The third kappa shape index (κ3) is 6.59. The number of aliphatic imine (C=N–C) groups is 1. The fraction of sp³-hybridized carbons (Fsp3) is 0.750. The first kappa shape index (κ1) is 17.0. The largest absolute Gasteiger partial charge is 0.480 e. The maximum atomic E-state index is 10.8. The molecule has 0 saturated heterocycles. The van der Waals surface area contributed by atoms with E-state index in [1.54, 1.807) is 13.8 Å². The number of amidine groups is 1. The van der Waals surface area contributed by atoms with Crippen LogP contribution in [0.3, 0.4) is 0 Å². The van der Waals surface area contributed by atoms with Crippen LogP contribution in [-0.2, 0) is 4.79 Å². The number of nitrogens with one attached hydrogen (secondary N) is 1. The van der Waals surface area contributed by atoms with Crippen molar-refractivity contribution in [2.45, 2.75) is 19.4 Å². The van der Waals surface area contributed by atoms with Gasteiger partial charge in [0.1, 0.15) is 5.54 Å². The van der Waals surface area contributed by atoms with Crippen molar-refractivity contribution < 1.29 is 9.90 Å². The second-order valence-corrected chi connectivity index (χ2v) is 3.56. The number of aliphatic carboxylic acids is 1. The molecule has 0 aliphatic heterocycles. The number of carboxylic acid groups (broad SMARTS) is 1. The number of nitrogens with zero attached hydrogens (tertiary/aromatic N) is 1. The minimum atomic E-state index is -0.999. The molecule has 1 atom stereocenters. The van der Waals surface area contributed by atoms with E-state index in [1.165, 1.54) is 0 Å². The van der Waals surface area contributed by atoms with Crippen LogP contribution in [0.5, 0.6) is 0 Å². The van der Waals surface area contributed by atoms with Crippen molar-refractivity contribution in [1.82, 2.24) is 5.32 Å². The smallest absolute Gasteiger partial charge is 0.324 e. The highest BCUT2D eigenvalue weighted by Crippen LogP contribution is 2.05. The summed E-state index contributed by atoms with van der Waals surface area (Å²) in [5.74, 6) is -0.191. The van der Waals surface area contributed by atoms with Gasteiger partial charge in [-0.05, 0) is 13.8 Å². The van der Waals surface area contributed by atoms with Crippen molar-refractivity contribution in [2.24, 2.45) is 10.7 Å². The Balaban J connectivity index is 0. The zero-order chi connectivity index (χ0) is 11.2. The number of carbonyl (C=O) groups is 1. The van der Waals surface area contributed by atoms with E-state index in [9.17, 15) is 4.79 Å². The highest BCUT2D eigenvalue weighted by atomic mass is 35.5. The van der Waals surface area contributed by atoms with Gasteiger partial charge in [-0.2, -0.15) is 12.6 Å². The van der Waals surface area contributed by atoms with Gasteiger partial charge < -0.3 is 10.8 Å². The van der Waals surface area contributed by atoms with E-state index in [0.29, 0.717) is 18.9 Å². The van der Waals surface area contributed by atoms with Crippen LogP contribution in [0.25, 0.3) is 0 Å². The van der Waals surface area contributed by atoms with Crippen molar-refractivity contribution in [3.8, 4) is 0 Å². The number of thiol groups is 1. The van der Waals surface area contributed by atoms with Crippen LogP contribution in [0, 0.1) is 0 Å². The van der Waals surface area contributed by atoms with E-state index in [-0.39, 0.29) is 18.2 Å². The molecule has 1 unspecified atom stereocenters. The SMILES string of the molecule is CC(N)=NCCNC(C)(CS)C(=O)O.Cl. The van der Waals surface area contributed by atoms with Crippen molar-refractivity contribution in [3.63, 3.8) is 0 Å². The summed E-state index contributed by atoms with van der Waals surface area (Å²) in [7, 11) is 0. The van der Waals surface area contributed by atoms with Crippen molar-refractivity contribution >= 4 is 36.8 Å². The lowest BCUT2D eigenvalue weighted by atomic mass is 10.1.